The zero-order valence-electron chi connectivity index (χ0n) is 17.5. The highest BCUT2D eigenvalue weighted by Gasteiger charge is 2.32. The van der Waals surface area contributed by atoms with E-state index in [2.05, 4.69) is 21.6 Å². The van der Waals surface area contributed by atoms with E-state index in [0.29, 0.717) is 17.5 Å². The van der Waals surface area contributed by atoms with Crippen LogP contribution in [0, 0.1) is 0 Å². The summed E-state index contributed by atoms with van der Waals surface area (Å²) in [5.41, 5.74) is 1.75. The number of thiazole rings is 1. The molecule has 2 aromatic heterocycles. The van der Waals surface area contributed by atoms with Crippen molar-refractivity contribution in [3.8, 4) is 11.4 Å². The predicted octanol–water partition coefficient (Wildman–Crippen LogP) is 4.13. The quantitative estimate of drug-likeness (QED) is 0.379. The minimum Gasteiger partial charge on any atom is -0.492 e. The molecule has 1 fully saturated rings. The van der Waals surface area contributed by atoms with Crippen LogP contribution in [0.1, 0.15) is 30.8 Å². The Morgan fingerprint density at radius 2 is 2.06 bits per heavy atom. The Bertz CT molecular complexity index is 1210. The summed E-state index contributed by atoms with van der Waals surface area (Å²) in [4.78, 5) is 19.9. The smallest absolute Gasteiger partial charge is 0.233 e. The standard InChI is InChI=1S/C22H22N6O2S2/c1-2-30-18-11-5-4-9-16(18)28-22(24-25-26-28)31-14-20(29)27-13-7-10-17(27)21-23-15-8-3-6-12-19(15)32-21/h3-6,8-9,11-12,17H,2,7,10,13-14H2,1H3/t17-/m1/s1. The van der Waals surface area contributed by atoms with Crippen LogP contribution < -0.4 is 4.74 Å². The van der Waals surface area contributed by atoms with E-state index in [1.807, 2.05) is 54.3 Å². The fourth-order valence-electron chi connectivity index (χ4n) is 3.89. The molecule has 0 radical (unpaired) electrons. The summed E-state index contributed by atoms with van der Waals surface area (Å²) in [6, 6.07) is 15.7. The number of amides is 1. The molecule has 10 heteroatoms. The normalized spacial score (nSPS) is 16.0. The van der Waals surface area contributed by atoms with Gasteiger partial charge in [0, 0.05) is 6.54 Å². The number of hydrogen-bond acceptors (Lipinski definition) is 8. The maximum Gasteiger partial charge on any atom is 0.233 e. The zero-order chi connectivity index (χ0) is 21.9. The number of rotatable bonds is 7. The first-order valence-electron chi connectivity index (χ1n) is 10.5. The number of carbonyl (C=O) groups is 1. The number of aromatic nitrogens is 5. The highest BCUT2D eigenvalue weighted by molar-refractivity contribution is 7.99. The molecule has 3 heterocycles. The first-order valence-corrected chi connectivity index (χ1v) is 12.3. The topological polar surface area (TPSA) is 86.0 Å². The summed E-state index contributed by atoms with van der Waals surface area (Å²) in [5, 5.41) is 13.6. The zero-order valence-corrected chi connectivity index (χ0v) is 19.2. The van der Waals surface area contributed by atoms with Gasteiger partial charge in [0.05, 0.1) is 28.6 Å². The van der Waals surface area contributed by atoms with Crippen molar-refractivity contribution in [2.75, 3.05) is 18.9 Å². The molecule has 0 aliphatic carbocycles. The van der Waals surface area contributed by atoms with Crippen LogP contribution >= 0.6 is 23.1 Å². The van der Waals surface area contributed by atoms with E-state index in [9.17, 15) is 4.79 Å². The summed E-state index contributed by atoms with van der Waals surface area (Å²) < 4.78 is 8.48. The van der Waals surface area contributed by atoms with Gasteiger partial charge in [0.1, 0.15) is 16.4 Å². The Hall–Kier alpha value is -2.98. The fourth-order valence-corrected chi connectivity index (χ4v) is 5.78. The average molecular weight is 467 g/mol. The van der Waals surface area contributed by atoms with Gasteiger partial charge in [-0.05, 0) is 54.5 Å². The van der Waals surface area contributed by atoms with E-state index >= 15 is 0 Å². The first kappa shape index (κ1) is 20.9. The van der Waals surface area contributed by atoms with Crippen molar-refractivity contribution in [1.82, 2.24) is 30.1 Å². The summed E-state index contributed by atoms with van der Waals surface area (Å²) in [6.07, 6.45) is 1.92. The van der Waals surface area contributed by atoms with E-state index in [4.69, 9.17) is 9.72 Å². The van der Waals surface area contributed by atoms with Crippen molar-refractivity contribution in [2.24, 2.45) is 0 Å². The summed E-state index contributed by atoms with van der Waals surface area (Å²) in [5.74, 6) is 1.04. The van der Waals surface area contributed by atoms with Gasteiger partial charge in [-0.1, -0.05) is 36.0 Å². The minimum absolute atomic E-state index is 0.0372. The van der Waals surface area contributed by atoms with Crippen molar-refractivity contribution in [3.05, 3.63) is 53.5 Å². The van der Waals surface area contributed by atoms with Gasteiger partial charge in [-0.3, -0.25) is 4.79 Å². The number of nitrogens with zero attached hydrogens (tertiary/aromatic N) is 6. The molecule has 1 atom stereocenters. The minimum atomic E-state index is 0.0372. The summed E-state index contributed by atoms with van der Waals surface area (Å²) in [6.45, 7) is 3.23. The molecule has 2 aromatic carbocycles. The fraction of sp³-hybridized carbons (Fsp3) is 0.318. The molecule has 0 saturated carbocycles. The lowest BCUT2D eigenvalue weighted by atomic mass is 10.2. The molecule has 8 nitrogen and oxygen atoms in total. The number of carbonyl (C=O) groups excluding carboxylic acids is 1. The van der Waals surface area contributed by atoms with Crippen LogP contribution in [0.3, 0.4) is 0 Å². The van der Waals surface area contributed by atoms with Gasteiger partial charge >= 0.3 is 0 Å². The third-order valence-corrected chi connectivity index (χ3v) is 7.37. The molecule has 1 amide bonds. The Labute approximate surface area is 193 Å². The monoisotopic (exact) mass is 466 g/mol. The van der Waals surface area contributed by atoms with Crippen LogP contribution in [0.2, 0.25) is 0 Å². The molecule has 1 aliphatic heterocycles. The van der Waals surface area contributed by atoms with Gasteiger partial charge in [-0.2, -0.15) is 4.68 Å². The number of hydrogen-bond donors (Lipinski definition) is 0. The Morgan fingerprint density at radius 3 is 2.94 bits per heavy atom. The SMILES string of the molecule is CCOc1ccccc1-n1nnnc1SCC(=O)N1CCC[C@@H]1c1nc2ccccc2s1. The van der Waals surface area contributed by atoms with Crippen molar-refractivity contribution in [3.63, 3.8) is 0 Å². The van der Waals surface area contributed by atoms with Crippen molar-refractivity contribution >= 4 is 39.2 Å². The number of tetrazole rings is 1. The molecule has 5 rings (SSSR count). The third kappa shape index (κ3) is 4.07. The number of benzene rings is 2. The molecule has 0 bridgehead atoms. The molecule has 0 N–H and O–H groups in total. The van der Waals surface area contributed by atoms with Crippen LogP contribution in [0.5, 0.6) is 5.75 Å². The molecular weight excluding hydrogens is 444 g/mol. The molecule has 1 saturated heterocycles. The van der Waals surface area contributed by atoms with E-state index in [-0.39, 0.29) is 17.7 Å². The molecule has 0 spiro atoms. The van der Waals surface area contributed by atoms with Gasteiger partial charge in [0.2, 0.25) is 11.1 Å². The van der Waals surface area contributed by atoms with Crippen LogP contribution in [0.4, 0.5) is 0 Å². The molecule has 164 valence electrons. The third-order valence-electron chi connectivity index (χ3n) is 5.33. The molecule has 4 aromatic rings. The molecule has 32 heavy (non-hydrogen) atoms. The van der Waals surface area contributed by atoms with E-state index in [1.165, 1.54) is 11.8 Å². The number of fused-ring (bicyclic) bond motifs is 1. The first-order chi connectivity index (χ1) is 15.7. The van der Waals surface area contributed by atoms with Crippen molar-refractivity contribution in [2.45, 2.75) is 31.0 Å². The van der Waals surface area contributed by atoms with Crippen molar-refractivity contribution < 1.29 is 9.53 Å². The highest BCUT2D eigenvalue weighted by atomic mass is 32.2. The second-order valence-electron chi connectivity index (χ2n) is 7.33. The predicted molar refractivity (Wildman–Crippen MR) is 124 cm³/mol. The van der Waals surface area contributed by atoms with E-state index in [0.717, 1.165) is 40.3 Å². The molecule has 1 aliphatic rings. The maximum absolute atomic E-state index is 13.1. The van der Waals surface area contributed by atoms with Crippen LogP contribution in [0.15, 0.2) is 53.7 Å². The van der Waals surface area contributed by atoms with Crippen molar-refractivity contribution in [1.29, 1.82) is 0 Å². The average Bonchev–Trinajstić information content (AvgIpc) is 3.57. The Balaban J connectivity index is 1.31. The van der Waals surface area contributed by atoms with E-state index in [1.54, 1.807) is 16.0 Å². The van der Waals surface area contributed by atoms with Gasteiger partial charge in [-0.25, -0.2) is 4.98 Å². The second kappa shape index (κ2) is 9.25. The van der Waals surface area contributed by atoms with Gasteiger partial charge in [-0.15, -0.1) is 16.4 Å². The maximum atomic E-state index is 13.1. The van der Waals surface area contributed by atoms with Crippen LogP contribution in [-0.2, 0) is 4.79 Å². The lowest BCUT2D eigenvalue weighted by Gasteiger charge is -2.22. The molecular formula is C22H22N6O2S2. The number of likely N-dealkylation sites (tertiary alicyclic amines) is 1. The lowest BCUT2D eigenvalue weighted by Crippen LogP contribution is -2.32. The largest absolute Gasteiger partial charge is 0.492 e. The van der Waals surface area contributed by atoms with Crippen LogP contribution in [-0.4, -0.2) is 54.9 Å². The van der Waals surface area contributed by atoms with Gasteiger partial charge in [0.15, 0.2) is 0 Å². The van der Waals surface area contributed by atoms with E-state index < -0.39 is 0 Å². The Kier molecular flexibility index (Phi) is 6.04. The molecule has 0 unspecified atom stereocenters. The van der Waals surface area contributed by atoms with Crippen LogP contribution in [0.25, 0.3) is 15.9 Å². The highest BCUT2D eigenvalue weighted by Crippen LogP contribution is 2.37. The van der Waals surface area contributed by atoms with Gasteiger partial charge < -0.3 is 9.64 Å². The number of thioether (sulfide) groups is 1. The lowest BCUT2D eigenvalue weighted by molar-refractivity contribution is -0.129. The summed E-state index contributed by atoms with van der Waals surface area (Å²) in [7, 11) is 0. The number of para-hydroxylation sites is 3. The second-order valence-corrected chi connectivity index (χ2v) is 9.33. The van der Waals surface area contributed by atoms with Gasteiger partial charge in [0.25, 0.3) is 0 Å². The number of ether oxygens (including phenoxy) is 1. The Morgan fingerprint density at radius 1 is 1.22 bits per heavy atom. The summed E-state index contributed by atoms with van der Waals surface area (Å²) >= 11 is 3.01.